The van der Waals surface area contributed by atoms with Gasteiger partial charge in [0, 0.05) is 0 Å². The Morgan fingerprint density at radius 1 is 1.33 bits per heavy atom. The number of hydrogen-bond donors (Lipinski definition) is 0. The van der Waals surface area contributed by atoms with Gasteiger partial charge in [-0.25, -0.2) is 0 Å². The molecule has 1 atom stereocenters. The Labute approximate surface area is 95.8 Å². The molecule has 0 spiro atoms. The summed E-state index contributed by atoms with van der Waals surface area (Å²) in [6, 6.07) is 0. The van der Waals surface area contributed by atoms with E-state index in [4.69, 9.17) is 0 Å². The monoisotopic (exact) mass is 258 g/mol. The van der Waals surface area contributed by atoms with Gasteiger partial charge in [0.1, 0.15) is 0 Å². The van der Waals surface area contributed by atoms with Gasteiger partial charge in [-0.2, -0.15) is 0 Å². The van der Waals surface area contributed by atoms with Crippen molar-refractivity contribution in [3.05, 3.63) is 23.3 Å². The van der Waals surface area contributed by atoms with Crippen LogP contribution in [0.15, 0.2) is 23.3 Å². The van der Waals surface area contributed by atoms with Crippen molar-refractivity contribution in [3.63, 3.8) is 0 Å². The van der Waals surface area contributed by atoms with Gasteiger partial charge < -0.3 is 12.4 Å². The Morgan fingerprint density at radius 3 is 2.83 bits per heavy atom. The summed E-state index contributed by atoms with van der Waals surface area (Å²) in [5.74, 6) is 0.850. The minimum atomic E-state index is 0. The molecule has 0 aromatic rings. The van der Waals surface area contributed by atoms with Crippen molar-refractivity contribution in [3.8, 4) is 0 Å². The number of rotatable bonds is 1. The molecule has 0 unspecified atom stereocenters. The van der Waals surface area contributed by atoms with Gasteiger partial charge in [0.15, 0.2) is 0 Å². The van der Waals surface area contributed by atoms with E-state index < -0.39 is 0 Å². The molecule has 0 bridgehead atoms. The third kappa shape index (κ3) is 1.93. The predicted octanol–water partition coefficient (Wildman–Crippen LogP) is 0.0121. The molecule has 0 aromatic heterocycles. The number of halogens is 1. The van der Waals surface area contributed by atoms with Gasteiger partial charge in [0.25, 0.3) is 0 Å². The van der Waals surface area contributed by atoms with Crippen molar-refractivity contribution in [2.45, 2.75) is 29.8 Å². The average molecular weight is 260 g/mol. The molecule has 0 aliphatic heterocycles. The number of allylic oxidation sites excluding steroid dienone is 4. The van der Waals surface area contributed by atoms with Gasteiger partial charge in [-0.15, -0.1) is 0 Å². The Morgan fingerprint density at radius 2 is 2.08 bits per heavy atom. The van der Waals surface area contributed by atoms with E-state index in [9.17, 15) is 0 Å². The van der Waals surface area contributed by atoms with Crippen LogP contribution >= 0.6 is 0 Å². The summed E-state index contributed by atoms with van der Waals surface area (Å²) < 4.78 is 1.39. The zero-order valence-corrected chi connectivity index (χ0v) is 10.4. The third-order valence-corrected chi connectivity index (χ3v) is 3.83. The first kappa shape index (κ1) is 10.7. The summed E-state index contributed by atoms with van der Waals surface area (Å²) in [6.07, 6.45) is 10.4. The minimum absolute atomic E-state index is 0. The Hall–Kier alpha value is 0.653. The summed E-state index contributed by atoms with van der Waals surface area (Å²) in [6.45, 7) is 0. The maximum atomic E-state index is 2.42. The van der Waals surface area contributed by atoms with E-state index in [1.807, 2.05) is 0 Å². The van der Waals surface area contributed by atoms with Crippen LogP contribution in [0.2, 0.25) is 4.13 Å². The van der Waals surface area contributed by atoms with Crippen molar-refractivity contribution >= 4 is 0 Å². The molecule has 0 saturated heterocycles. The molecule has 2 heteroatoms. The number of hydrogen-bond acceptors (Lipinski definition) is 0. The van der Waals surface area contributed by atoms with Crippen LogP contribution in [0.3, 0.4) is 0 Å². The van der Waals surface area contributed by atoms with E-state index in [0.717, 1.165) is 5.92 Å². The molecule has 0 nitrogen and oxygen atoms in total. The fourth-order valence-corrected chi connectivity index (χ4v) is 3.05. The molecule has 12 heavy (non-hydrogen) atoms. The zero-order valence-electron chi connectivity index (χ0n) is 7.15. The topological polar surface area (TPSA) is 0 Å². The Balaban J connectivity index is 0.000000720. The second-order valence-electron chi connectivity index (χ2n) is 3.43. The normalized spacial score (nSPS) is 26.8. The third-order valence-electron chi connectivity index (χ3n) is 2.75. The molecule has 2 rings (SSSR count). The van der Waals surface area contributed by atoms with Crippen LogP contribution in [0.5, 0.6) is 0 Å². The van der Waals surface area contributed by atoms with E-state index in [2.05, 4.69) is 12.2 Å². The van der Waals surface area contributed by atoms with Crippen LogP contribution in [-0.4, -0.2) is 0 Å². The first-order chi connectivity index (χ1) is 5.42. The molecule has 0 N–H and O–H groups in total. The Kier molecular flexibility index (Phi) is 4.26. The fraction of sp³-hybridized carbons (Fsp3) is 0.600. The van der Waals surface area contributed by atoms with Crippen LogP contribution in [0.1, 0.15) is 25.7 Å². The molecule has 0 fully saturated rings. The summed E-state index contributed by atoms with van der Waals surface area (Å²) in [7, 11) is 0. The van der Waals surface area contributed by atoms with Gasteiger partial charge in [-0.3, -0.25) is 0 Å². The van der Waals surface area contributed by atoms with Crippen molar-refractivity contribution in [2.24, 2.45) is 5.92 Å². The first-order valence-corrected chi connectivity index (χ1v) is 6.20. The van der Waals surface area contributed by atoms with Gasteiger partial charge in [-0.05, 0) is 0 Å². The molecule has 0 heterocycles. The van der Waals surface area contributed by atoms with Gasteiger partial charge >= 0.3 is 83.7 Å². The van der Waals surface area contributed by atoms with Gasteiger partial charge in [0.2, 0.25) is 0 Å². The van der Waals surface area contributed by atoms with Gasteiger partial charge in [0.05, 0.1) is 0 Å². The second-order valence-corrected chi connectivity index (χ2v) is 4.43. The van der Waals surface area contributed by atoms with Crippen molar-refractivity contribution in [1.82, 2.24) is 0 Å². The molecule has 0 saturated carbocycles. The molecular formula is C10H13ClZr. The van der Waals surface area contributed by atoms with E-state index in [-0.39, 0.29) is 12.4 Å². The summed E-state index contributed by atoms with van der Waals surface area (Å²) in [5, 5.41) is 0. The molecule has 0 amide bonds. The van der Waals surface area contributed by atoms with Crippen molar-refractivity contribution in [1.29, 1.82) is 0 Å². The molecule has 2 aliphatic carbocycles. The Bertz CT molecular complexity index is 218. The molecule has 0 radical (unpaired) electrons. The fourth-order valence-electron chi connectivity index (χ4n) is 2.11. The first-order valence-electron chi connectivity index (χ1n) is 4.46. The molecule has 2 aliphatic rings. The second kappa shape index (κ2) is 4.77. The molecule has 0 aromatic carbocycles. The van der Waals surface area contributed by atoms with Gasteiger partial charge in [-0.1, -0.05) is 0 Å². The summed E-state index contributed by atoms with van der Waals surface area (Å²) in [4.78, 5) is 0. The average Bonchev–Trinajstić information content (AvgIpc) is 2.47. The van der Waals surface area contributed by atoms with Crippen molar-refractivity contribution in [2.75, 3.05) is 0 Å². The van der Waals surface area contributed by atoms with E-state index in [0.29, 0.717) is 0 Å². The predicted molar refractivity (Wildman–Crippen MR) is 42.9 cm³/mol. The van der Waals surface area contributed by atoms with Crippen LogP contribution < -0.4 is 12.4 Å². The summed E-state index contributed by atoms with van der Waals surface area (Å²) in [5.41, 5.74) is 3.47. The zero-order chi connectivity index (χ0) is 7.68. The SMILES string of the molecule is [Cl-].[Zr+][CH2][C@H]1C=CC2=C1CCCC2. The van der Waals surface area contributed by atoms with Crippen LogP contribution in [0.4, 0.5) is 0 Å². The standard InChI is InChI=1S/C10H13.ClH.Zr/c1-8-6-7-9-4-2-3-5-10(8)9;;/h6-8H,1-5H2;1H;/q;;+1/p-1/t8-;;/m0../s1. The van der Waals surface area contributed by atoms with Crippen LogP contribution in [-0.2, 0) is 24.7 Å². The van der Waals surface area contributed by atoms with E-state index >= 15 is 0 Å². The molecule has 64 valence electrons. The van der Waals surface area contributed by atoms with E-state index in [1.54, 1.807) is 35.9 Å². The van der Waals surface area contributed by atoms with Crippen LogP contribution in [0.25, 0.3) is 0 Å². The summed E-state index contributed by atoms with van der Waals surface area (Å²) >= 11 is 1.69. The van der Waals surface area contributed by atoms with Crippen LogP contribution in [0, 0.1) is 5.92 Å². The quantitative estimate of drug-likeness (QED) is 0.623. The van der Waals surface area contributed by atoms with E-state index in [1.165, 1.54) is 29.8 Å². The molecular weight excluding hydrogens is 247 g/mol. The van der Waals surface area contributed by atoms with Crippen molar-refractivity contribution < 1.29 is 37.1 Å². The maximum absolute atomic E-state index is 2.42.